The van der Waals surface area contributed by atoms with Crippen LogP contribution in [0.25, 0.3) is 0 Å². The minimum Gasteiger partial charge on any atom is -0.393 e. The lowest BCUT2D eigenvalue weighted by molar-refractivity contribution is -0.0246. The van der Waals surface area contributed by atoms with E-state index in [9.17, 15) is 5.11 Å². The normalized spacial score (nSPS) is 26.1. The van der Waals surface area contributed by atoms with E-state index in [1.54, 1.807) is 0 Å². The molecule has 0 saturated heterocycles. The fraction of sp³-hybridized carbons (Fsp3) is 0.600. The van der Waals surface area contributed by atoms with E-state index in [1.807, 2.05) is 0 Å². The SMILES string of the molecule is OC(CC1OCCc2ccccc21)C1CCC1. The van der Waals surface area contributed by atoms with Crippen LogP contribution in [0.15, 0.2) is 24.3 Å². The van der Waals surface area contributed by atoms with Crippen molar-refractivity contribution >= 4 is 0 Å². The summed E-state index contributed by atoms with van der Waals surface area (Å²) in [6.07, 6.45) is 5.36. The lowest BCUT2D eigenvalue weighted by Crippen LogP contribution is -2.30. The van der Waals surface area contributed by atoms with Gasteiger partial charge >= 0.3 is 0 Å². The Bertz CT molecular complexity index is 384. The van der Waals surface area contributed by atoms with E-state index in [-0.39, 0.29) is 12.2 Å². The maximum absolute atomic E-state index is 10.2. The molecule has 2 atom stereocenters. The second-order valence-electron chi connectivity index (χ2n) is 5.30. The quantitative estimate of drug-likeness (QED) is 0.868. The maximum Gasteiger partial charge on any atom is 0.0852 e. The van der Waals surface area contributed by atoms with Gasteiger partial charge < -0.3 is 9.84 Å². The molecule has 1 fully saturated rings. The molecule has 92 valence electrons. The molecule has 2 heteroatoms. The van der Waals surface area contributed by atoms with Gasteiger partial charge in [-0.3, -0.25) is 0 Å². The second kappa shape index (κ2) is 4.79. The summed E-state index contributed by atoms with van der Waals surface area (Å²) in [5, 5.41) is 10.2. The van der Waals surface area contributed by atoms with Gasteiger partial charge in [-0.05, 0) is 36.3 Å². The van der Waals surface area contributed by atoms with E-state index in [1.165, 1.54) is 30.4 Å². The number of benzene rings is 1. The Morgan fingerprint density at radius 1 is 1.29 bits per heavy atom. The van der Waals surface area contributed by atoms with Crippen molar-refractivity contribution in [1.29, 1.82) is 0 Å². The third kappa shape index (κ3) is 2.24. The van der Waals surface area contributed by atoms with Gasteiger partial charge in [0.2, 0.25) is 0 Å². The van der Waals surface area contributed by atoms with E-state index in [2.05, 4.69) is 24.3 Å². The maximum atomic E-state index is 10.2. The number of aliphatic hydroxyl groups excluding tert-OH is 1. The molecule has 0 amide bonds. The Morgan fingerprint density at radius 3 is 2.88 bits per heavy atom. The average molecular weight is 232 g/mol. The zero-order chi connectivity index (χ0) is 11.7. The molecule has 1 aliphatic heterocycles. The third-order valence-corrected chi connectivity index (χ3v) is 4.24. The standard InChI is InChI=1S/C15H20O2/c16-14(12-5-3-6-12)10-15-13-7-2-1-4-11(13)8-9-17-15/h1-2,4,7,12,14-16H,3,5-6,8-10H2. The summed E-state index contributed by atoms with van der Waals surface area (Å²) in [5.41, 5.74) is 2.68. The van der Waals surface area contributed by atoms with Crippen LogP contribution >= 0.6 is 0 Å². The van der Waals surface area contributed by atoms with Crippen LogP contribution in [0.1, 0.15) is 42.9 Å². The first-order valence-electron chi connectivity index (χ1n) is 6.72. The van der Waals surface area contributed by atoms with Crippen LogP contribution in [0, 0.1) is 5.92 Å². The molecule has 1 aliphatic carbocycles. The highest BCUT2D eigenvalue weighted by Gasteiger charge is 2.30. The molecule has 0 aromatic heterocycles. The molecular formula is C15H20O2. The Labute approximate surface area is 103 Å². The minimum atomic E-state index is -0.181. The highest BCUT2D eigenvalue weighted by atomic mass is 16.5. The van der Waals surface area contributed by atoms with E-state index < -0.39 is 0 Å². The Morgan fingerprint density at radius 2 is 2.12 bits per heavy atom. The lowest BCUT2D eigenvalue weighted by Gasteiger charge is -2.34. The van der Waals surface area contributed by atoms with Crippen LogP contribution in [0.2, 0.25) is 0 Å². The van der Waals surface area contributed by atoms with Crippen LogP contribution in [0.5, 0.6) is 0 Å². The van der Waals surface area contributed by atoms with Gasteiger partial charge in [0.1, 0.15) is 0 Å². The van der Waals surface area contributed by atoms with Gasteiger partial charge in [-0.15, -0.1) is 0 Å². The summed E-state index contributed by atoms with van der Waals surface area (Å²) in [5.74, 6) is 0.521. The first-order chi connectivity index (χ1) is 8.34. The van der Waals surface area contributed by atoms with Crippen molar-refractivity contribution < 1.29 is 9.84 Å². The Balaban J connectivity index is 1.71. The molecule has 1 heterocycles. The van der Waals surface area contributed by atoms with Crippen LogP contribution < -0.4 is 0 Å². The van der Waals surface area contributed by atoms with Crippen LogP contribution in [-0.2, 0) is 11.2 Å². The van der Waals surface area contributed by atoms with Crippen molar-refractivity contribution in [3.8, 4) is 0 Å². The third-order valence-electron chi connectivity index (χ3n) is 4.24. The summed E-state index contributed by atoms with van der Waals surface area (Å²) >= 11 is 0. The first-order valence-corrected chi connectivity index (χ1v) is 6.72. The van der Waals surface area contributed by atoms with Crippen molar-refractivity contribution in [2.75, 3.05) is 6.61 Å². The van der Waals surface area contributed by atoms with Crippen molar-refractivity contribution in [2.45, 2.75) is 44.3 Å². The monoisotopic (exact) mass is 232 g/mol. The van der Waals surface area contributed by atoms with Crippen molar-refractivity contribution in [3.05, 3.63) is 35.4 Å². The predicted molar refractivity (Wildman–Crippen MR) is 66.8 cm³/mol. The van der Waals surface area contributed by atoms with E-state index in [0.717, 1.165) is 19.4 Å². The summed E-state index contributed by atoms with van der Waals surface area (Å²) in [6, 6.07) is 8.48. The van der Waals surface area contributed by atoms with Gasteiger partial charge in [0, 0.05) is 6.42 Å². The molecule has 0 spiro atoms. The number of fused-ring (bicyclic) bond motifs is 1. The molecule has 0 radical (unpaired) electrons. The topological polar surface area (TPSA) is 29.5 Å². The van der Waals surface area contributed by atoms with Crippen molar-refractivity contribution in [3.63, 3.8) is 0 Å². The highest BCUT2D eigenvalue weighted by Crippen LogP contribution is 2.36. The van der Waals surface area contributed by atoms with E-state index >= 15 is 0 Å². The first kappa shape index (κ1) is 11.2. The zero-order valence-corrected chi connectivity index (χ0v) is 10.1. The fourth-order valence-electron chi connectivity index (χ4n) is 2.91. The molecule has 1 saturated carbocycles. The number of rotatable bonds is 3. The highest BCUT2D eigenvalue weighted by molar-refractivity contribution is 5.30. The molecular weight excluding hydrogens is 212 g/mol. The van der Waals surface area contributed by atoms with Crippen LogP contribution in [0.3, 0.4) is 0 Å². The zero-order valence-electron chi connectivity index (χ0n) is 10.1. The van der Waals surface area contributed by atoms with Gasteiger partial charge in [-0.2, -0.15) is 0 Å². The molecule has 2 aliphatic rings. The second-order valence-corrected chi connectivity index (χ2v) is 5.30. The van der Waals surface area contributed by atoms with Crippen molar-refractivity contribution in [1.82, 2.24) is 0 Å². The van der Waals surface area contributed by atoms with Crippen molar-refractivity contribution in [2.24, 2.45) is 5.92 Å². The molecule has 3 rings (SSSR count). The Hall–Kier alpha value is -0.860. The molecule has 2 unspecified atom stereocenters. The number of hydrogen-bond donors (Lipinski definition) is 1. The van der Waals surface area contributed by atoms with Gasteiger partial charge in [0.25, 0.3) is 0 Å². The predicted octanol–water partition coefficient (Wildman–Crippen LogP) is 2.85. The molecule has 1 aromatic rings. The Kier molecular flexibility index (Phi) is 3.17. The summed E-state index contributed by atoms with van der Waals surface area (Å²) < 4.78 is 5.83. The molecule has 2 nitrogen and oxygen atoms in total. The molecule has 17 heavy (non-hydrogen) atoms. The number of hydrogen-bond acceptors (Lipinski definition) is 2. The summed E-state index contributed by atoms with van der Waals surface area (Å²) in [7, 11) is 0. The summed E-state index contributed by atoms with van der Waals surface area (Å²) in [4.78, 5) is 0. The molecule has 1 N–H and O–H groups in total. The smallest absolute Gasteiger partial charge is 0.0852 e. The average Bonchev–Trinajstić information content (AvgIpc) is 2.27. The largest absolute Gasteiger partial charge is 0.393 e. The number of aliphatic hydroxyl groups is 1. The van der Waals surface area contributed by atoms with Gasteiger partial charge in [-0.1, -0.05) is 30.7 Å². The summed E-state index contributed by atoms with van der Waals surface area (Å²) in [6.45, 7) is 0.791. The van der Waals surface area contributed by atoms with Gasteiger partial charge in [-0.25, -0.2) is 0 Å². The van der Waals surface area contributed by atoms with E-state index in [4.69, 9.17) is 4.74 Å². The van der Waals surface area contributed by atoms with E-state index in [0.29, 0.717) is 5.92 Å². The van der Waals surface area contributed by atoms with Crippen LogP contribution in [0.4, 0.5) is 0 Å². The number of ether oxygens (including phenoxy) is 1. The van der Waals surface area contributed by atoms with Gasteiger partial charge in [0.15, 0.2) is 0 Å². The minimum absolute atomic E-state index is 0.107. The van der Waals surface area contributed by atoms with Gasteiger partial charge in [0.05, 0.1) is 18.8 Å². The lowest BCUT2D eigenvalue weighted by atomic mass is 9.78. The van der Waals surface area contributed by atoms with Crippen LogP contribution in [-0.4, -0.2) is 17.8 Å². The molecule has 0 bridgehead atoms. The molecule has 1 aromatic carbocycles. The fourth-order valence-corrected chi connectivity index (χ4v) is 2.91.